The van der Waals surface area contributed by atoms with Crippen molar-refractivity contribution in [3.63, 3.8) is 0 Å². The van der Waals surface area contributed by atoms with Gasteiger partial charge in [-0.25, -0.2) is 4.79 Å². The zero-order valence-electron chi connectivity index (χ0n) is 21.9. The van der Waals surface area contributed by atoms with Gasteiger partial charge in [0.15, 0.2) is 0 Å². The van der Waals surface area contributed by atoms with E-state index in [0.29, 0.717) is 18.2 Å². The maximum atomic E-state index is 12.6. The second-order valence-corrected chi connectivity index (χ2v) is 11.1. The van der Waals surface area contributed by atoms with Gasteiger partial charge in [-0.15, -0.1) is 0 Å². The normalized spacial score (nSPS) is 25.6. The quantitative estimate of drug-likeness (QED) is 0.549. The number of aryl methyl sites for hydroxylation is 1. The Morgan fingerprint density at radius 1 is 1.09 bits per heavy atom. The number of carbonyl (C=O) groups excluding carboxylic acids is 1. The monoisotopic (exact) mass is 478 g/mol. The molecule has 4 rings (SSSR count). The van der Waals surface area contributed by atoms with Crippen LogP contribution in [0.25, 0.3) is 0 Å². The van der Waals surface area contributed by atoms with Crippen molar-refractivity contribution in [3.05, 3.63) is 65.2 Å². The van der Waals surface area contributed by atoms with E-state index < -0.39 is 5.60 Å². The third-order valence-electron chi connectivity index (χ3n) is 8.30. The van der Waals surface area contributed by atoms with Gasteiger partial charge in [0.1, 0.15) is 5.75 Å². The molecule has 2 aromatic carbocycles. The number of fused-ring (bicyclic) bond motifs is 3. The number of hydrogen-bond donors (Lipinski definition) is 1. The van der Waals surface area contributed by atoms with Gasteiger partial charge in [0.05, 0.1) is 5.60 Å². The van der Waals surface area contributed by atoms with E-state index in [0.717, 1.165) is 57.9 Å². The van der Waals surface area contributed by atoms with Crippen LogP contribution in [0.15, 0.2) is 48.5 Å². The van der Waals surface area contributed by atoms with Gasteiger partial charge >= 0.3 is 6.09 Å². The molecular formula is C30H42N2O3. The summed E-state index contributed by atoms with van der Waals surface area (Å²) in [7, 11) is 5.77. The van der Waals surface area contributed by atoms with Crippen LogP contribution < -0.4 is 4.74 Å². The number of benzene rings is 2. The summed E-state index contributed by atoms with van der Waals surface area (Å²) in [6.07, 6.45) is 7.30. The Labute approximate surface area is 211 Å². The number of rotatable bonds is 8. The lowest BCUT2D eigenvalue weighted by Gasteiger charge is -2.53. The number of hydrogen-bond acceptors (Lipinski definition) is 4. The van der Waals surface area contributed by atoms with Crippen LogP contribution in [0, 0.1) is 5.92 Å². The highest BCUT2D eigenvalue weighted by Gasteiger charge is 2.51. The molecule has 5 nitrogen and oxygen atoms in total. The zero-order valence-corrected chi connectivity index (χ0v) is 21.9. The highest BCUT2D eigenvalue weighted by atomic mass is 16.6. The third-order valence-corrected chi connectivity index (χ3v) is 8.30. The van der Waals surface area contributed by atoms with Crippen molar-refractivity contribution in [2.24, 2.45) is 5.92 Å². The van der Waals surface area contributed by atoms with E-state index in [4.69, 9.17) is 4.74 Å². The molecule has 2 aliphatic carbocycles. The summed E-state index contributed by atoms with van der Waals surface area (Å²) in [5, 5.41) is 11.3. The molecule has 0 spiro atoms. The van der Waals surface area contributed by atoms with Crippen LogP contribution in [-0.4, -0.2) is 60.8 Å². The highest BCUT2D eigenvalue weighted by Crippen LogP contribution is 2.55. The SMILES string of the molecule is CCC[C@@]1(O)CC[C@@]2(Cc3ccccc3)c3ccc(OC(=O)N(C)CCN(C)C)cc3CC[C@@H]2C1. The Hall–Kier alpha value is -2.37. The third kappa shape index (κ3) is 5.73. The zero-order chi connectivity index (χ0) is 25.1. The Balaban J connectivity index is 1.60. The molecule has 0 aromatic heterocycles. The molecule has 0 heterocycles. The van der Waals surface area contributed by atoms with Crippen LogP contribution in [0.3, 0.4) is 0 Å². The minimum atomic E-state index is -0.538. The Morgan fingerprint density at radius 3 is 2.57 bits per heavy atom. The maximum absolute atomic E-state index is 12.6. The second-order valence-electron chi connectivity index (χ2n) is 11.1. The van der Waals surface area contributed by atoms with Crippen molar-refractivity contribution >= 4 is 6.09 Å². The fraction of sp³-hybridized carbons (Fsp3) is 0.567. The molecule has 0 bridgehead atoms. The van der Waals surface area contributed by atoms with Gasteiger partial charge in [0, 0.05) is 25.6 Å². The summed E-state index contributed by atoms with van der Waals surface area (Å²) < 4.78 is 5.76. The van der Waals surface area contributed by atoms with Crippen molar-refractivity contribution in [1.29, 1.82) is 0 Å². The molecule has 2 aliphatic rings. The minimum absolute atomic E-state index is 0.0138. The molecule has 3 atom stereocenters. The van der Waals surface area contributed by atoms with E-state index in [-0.39, 0.29) is 11.5 Å². The highest BCUT2D eigenvalue weighted by molar-refractivity contribution is 5.70. The number of amides is 1. The number of ether oxygens (including phenoxy) is 1. The van der Waals surface area contributed by atoms with Gasteiger partial charge < -0.3 is 19.6 Å². The summed E-state index contributed by atoms with van der Waals surface area (Å²) in [4.78, 5) is 16.3. The first-order valence-corrected chi connectivity index (χ1v) is 13.2. The largest absolute Gasteiger partial charge is 0.415 e. The first kappa shape index (κ1) is 25.7. The Morgan fingerprint density at radius 2 is 1.86 bits per heavy atom. The number of likely N-dealkylation sites (N-methyl/N-ethyl adjacent to an activating group) is 2. The molecule has 0 saturated heterocycles. The second kappa shape index (κ2) is 10.7. The predicted molar refractivity (Wildman–Crippen MR) is 141 cm³/mol. The van der Waals surface area contributed by atoms with Crippen LogP contribution in [-0.2, 0) is 18.3 Å². The summed E-state index contributed by atoms with van der Waals surface area (Å²) in [6.45, 7) is 3.59. The molecule has 190 valence electrons. The van der Waals surface area contributed by atoms with Crippen LogP contribution in [0.2, 0.25) is 0 Å². The topological polar surface area (TPSA) is 53.0 Å². The van der Waals surface area contributed by atoms with Crippen LogP contribution >= 0.6 is 0 Å². The fourth-order valence-electron chi connectivity index (χ4n) is 6.41. The summed E-state index contributed by atoms with van der Waals surface area (Å²) in [5.74, 6) is 1.07. The number of nitrogens with zero attached hydrogens (tertiary/aromatic N) is 2. The summed E-state index contributed by atoms with van der Waals surface area (Å²) in [6, 6.07) is 17.0. The van der Waals surface area contributed by atoms with Crippen molar-refractivity contribution in [2.45, 2.75) is 69.3 Å². The predicted octanol–water partition coefficient (Wildman–Crippen LogP) is 5.44. The van der Waals surface area contributed by atoms with Crippen LogP contribution in [0.1, 0.15) is 62.1 Å². The molecule has 0 unspecified atom stereocenters. The molecule has 1 N–H and O–H groups in total. The lowest BCUT2D eigenvalue weighted by atomic mass is 9.52. The molecule has 1 fully saturated rings. The molecule has 0 aliphatic heterocycles. The first-order valence-electron chi connectivity index (χ1n) is 13.2. The first-order chi connectivity index (χ1) is 16.7. The van der Waals surface area contributed by atoms with E-state index in [9.17, 15) is 9.90 Å². The van der Waals surface area contributed by atoms with E-state index in [1.54, 1.807) is 11.9 Å². The average molecular weight is 479 g/mol. The molecule has 2 aromatic rings. The summed E-state index contributed by atoms with van der Waals surface area (Å²) in [5.41, 5.74) is 3.50. The van der Waals surface area contributed by atoms with Gasteiger partial charge in [0.25, 0.3) is 0 Å². The molecule has 1 saturated carbocycles. The molecule has 1 amide bonds. The van der Waals surface area contributed by atoms with Crippen LogP contribution in [0.4, 0.5) is 4.79 Å². The van der Waals surface area contributed by atoms with Crippen molar-refractivity contribution in [3.8, 4) is 5.75 Å². The number of aliphatic hydroxyl groups is 1. The van der Waals surface area contributed by atoms with Gasteiger partial charge in [-0.05, 0) is 93.8 Å². The van der Waals surface area contributed by atoms with E-state index in [1.807, 2.05) is 20.2 Å². The Bertz CT molecular complexity index is 1010. The van der Waals surface area contributed by atoms with Crippen molar-refractivity contribution in [1.82, 2.24) is 9.80 Å². The average Bonchev–Trinajstić information content (AvgIpc) is 2.83. The van der Waals surface area contributed by atoms with Crippen molar-refractivity contribution in [2.75, 3.05) is 34.2 Å². The lowest BCUT2D eigenvalue weighted by molar-refractivity contribution is -0.0565. The van der Waals surface area contributed by atoms with Gasteiger partial charge in [-0.1, -0.05) is 49.7 Å². The van der Waals surface area contributed by atoms with Crippen molar-refractivity contribution < 1.29 is 14.6 Å². The molecule has 35 heavy (non-hydrogen) atoms. The van der Waals surface area contributed by atoms with E-state index in [1.165, 1.54) is 16.7 Å². The molecular weight excluding hydrogens is 436 g/mol. The smallest absolute Gasteiger partial charge is 0.410 e. The van der Waals surface area contributed by atoms with Crippen LogP contribution in [0.5, 0.6) is 5.75 Å². The minimum Gasteiger partial charge on any atom is -0.410 e. The summed E-state index contributed by atoms with van der Waals surface area (Å²) >= 11 is 0. The molecule has 5 heteroatoms. The fourth-order valence-corrected chi connectivity index (χ4v) is 6.41. The Kier molecular flexibility index (Phi) is 7.87. The van der Waals surface area contributed by atoms with Gasteiger partial charge in [-0.3, -0.25) is 0 Å². The van der Waals surface area contributed by atoms with E-state index >= 15 is 0 Å². The van der Waals surface area contributed by atoms with Gasteiger partial charge in [0.2, 0.25) is 0 Å². The number of carbonyl (C=O) groups is 1. The maximum Gasteiger partial charge on any atom is 0.415 e. The lowest BCUT2D eigenvalue weighted by Crippen LogP contribution is -2.51. The van der Waals surface area contributed by atoms with Gasteiger partial charge in [-0.2, -0.15) is 0 Å². The van der Waals surface area contributed by atoms with E-state index in [2.05, 4.69) is 54.3 Å². The standard InChI is InChI=1S/C30H42N2O3/c1-5-15-29(34)16-17-30(21-23-9-7-6-8-10-23)25(22-29)12-11-24-20-26(13-14-27(24)30)35-28(33)32(4)19-18-31(2)3/h6-10,13-14,20,25,34H,5,11-12,15-19,21-22H2,1-4H3/t25-,29-,30+/m1/s1. The molecule has 0 radical (unpaired) electrons.